The highest BCUT2D eigenvalue weighted by Gasteiger charge is 2.09. The molecule has 8 heteroatoms. The maximum absolute atomic E-state index is 12.0. The molecule has 3 amide bonds. The summed E-state index contributed by atoms with van der Waals surface area (Å²) < 4.78 is 5.21. The molecule has 0 saturated carbocycles. The SMILES string of the molecule is COc1ccc(C)cc1NC(=O)NCCNC(=O)c1ccc(Cl)c(Cl)c1. The number of carbonyl (C=O) groups is 2. The van der Waals surface area contributed by atoms with Crippen molar-refractivity contribution in [1.82, 2.24) is 10.6 Å². The Labute approximate surface area is 161 Å². The van der Waals surface area contributed by atoms with Gasteiger partial charge in [-0.3, -0.25) is 4.79 Å². The third-order valence-corrected chi connectivity index (χ3v) is 4.22. The molecule has 0 heterocycles. The van der Waals surface area contributed by atoms with Crippen LogP contribution in [-0.4, -0.2) is 32.1 Å². The lowest BCUT2D eigenvalue weighted by Gasteiger charge is -2.12. The van der Waals surface area contributed by atoms with E-state index in [1.165, 1.54) is 13.2 Å². The monoisotopic (exact) mass is 395 g/mol. The number of urea groups is 1. The Bertz CT molecular complexity index is 812. The normalized spacial score (nSPS) is 10.2. The summed E-state index contributed by atoms with van der Waals surface area (Å²) in [6.07, 6.45) is 0. The summed E-state index contributed by atoms with van der Waals surface area (Å²) in [5.41, 5.74) is 1.97. The molecule has 3 N–H and O–H groups in total. The number of nitrogens with one attached hydrogen (secondary N) is 3. The van der Waals surface area contributed by atoms with Crippen LogP contribution in [0.2, 0.25) is 10.0 Å². The van der Waals surface area contributed by atoms with Crippen LogP contribution in [-0.2, 0) is 0 Å². The molecule has 0 radical (unpaired) electrons. The smallest absolute Gasteiger partial charge is 0.319 e. The van der Waals surface area contributed by atoms with Gasteiger partial charge < -0.3 is 20.7 Å². The van der Waals surface area contributed by atoms with Crippen molar-refractivity contribution in [3.8, 4) is 5.75 Å². The van der Waals surface area contributed by atoms with Crippen molar-refractivity contribution in [1.29, 1.82) is 0 Å². The average Bonchev–Trinajstić information content (AvgIpc) is 2.61. The second-order valence-corrected chi connectivity index (χ2v) is 6.28. The van der Waals surface area contributed by atoms with Gasteiger partial charge in [0.1, 0.15) is 5.75 Å². The fourth-order valence-electron chi connectivity index (χ4n) is 2.18. The molecular weight excluding hydrogens is 377 g/mol. The summed E-state index contributed by atoms with van der Waals surface area (Å²) in [6.45, 7) is 2.44. The Morgan fingerprint density at radius 1 is 1.00 bits per heavy atom. The summed E-state index contributed by atoms with van der Waals surface area (Å²) in [5.74, 6) is 0.268. The Hall–Kier alpha value is -2.44. The molecule has 6 nitrogen and oxygen atoms in total. The molecule has 0 fully saturated rings. The number of hydrogen-bond donors (Lipinski definition) is 3. The summed E-state index contributed by atoms with van der Waals surface area (Å²) in [5, 5.41) is 8.76. The van der Waals surface area contributed by atoms with Gasteiger partial charge in [-0.05, 0) is 42.8 Å². The topological polar surface area (TPSA) is 79.5 Å². The number of methoxy groups -OCH3 is 1. The molecule has 0 aliphatic carbocycles. The largest absolute Gasteiger partial charge is 0.495 e. The molecule has 0 bridgehead atoms. The zero-order valence-corrected chi connectivity index (χ0v) is 15.9. The second kappa shape index (κ2) is 9.31. The zero-order valence-electron chi connectivity index (χ0n) is 14.4. The number of carbonyl (C=O) groups excluding carboxylic acids is 2. The molecule has 2 aromatic carbocycles. The molecule has 2 aromatic rings. The Balaban J connectivity index is 1.79. The first kappa shape index (κ1) is 19.9. The fourth-order valence-corrected chi connectivity index (χ4v) is 2.48. The van der Waals surface area contributed by atoms with Crippen LogP contribution in [0.5, 0.6) is 5.75 Å². The van der Waals surface area contributed by atoms with E-state index in [-0.39, 0.29) is 19.0 Å². The minimum absolute atomic E-state index is 0.257. The predicted octanol–water partition coefficient (Wildman–Crippen LogP) is 3.86. The molecule has 0 saturated heterocycles. The van der Waals surface area contributed by atoms with Gasteiger partial charge in [-0.25, -0.2) is 4.79 Å². The standard InChI is InChI=1S/C18H19Cl2N3O3/c1-11-3-6-16(26-2)15(9-11)23-18(25)22-8-7-21-17(24)12-4-5-13(19)14(20)10-12/h3-6,9-10H,7-8H2,1-2H3,(H,21,24)(H2,22,23,25). The summed E-state index contributed by atoms with van der Waals surface area (Å²) >= 11 is 11.7. The highest BCUT2D eigenvalue weighted by Crippen LogP contribution is 2.25. The predicted molar refractivity (Wildman–Crippen MR) is 104 cm³/mol. The van der Waals surface area contributed by atoms with Crippen molar-refractivity contribution in [3.63, 3.8) is 0 Å². The number of anilines is 1. The van der Waals surface area contributed by atoms with Crippen LogP contribution < -0.4 is 20.7 Å². The quantitative estimate of drug-likeness (QED) is 0.649. The van der Waals surface area contributed by atoms with Gasteiger partial charge in [0, 0.05) is 18.7 Å². The fraction of sp³-hybridized carbons (Fsp3) is 0.222. The van der Waals surface area contributed by atoms with Crippen molar-refractivity contribution < 1.29 is 14.3 Å². The number of aryl methyl sites for hydroxylation is 1. The zero-order chi connectivity index (χ0) is 19.1. The van der Waals surface area contributed by atoms with E-state index in [0.29, 0.717) is 27.0 Å². The average molecular weight is 396 g/mol. The van der Waals surface area contributed by atoms with E-state index in [2.05, 4.69) is 16.0 Å². The molecule has 0 spiro atoms. The molecule has 26 heavy (non-hydrogen) atoms. The van der Waals surface area contributed by atoms with Gasteiger partial charge in [-0.2, -0.15) is 0 Å². The molecule has 0 atom stereocenters. The molecule has 0 aliphatic rings. The highest BCUT2D eigenvalue weighted by atomic mass is 35.5. The third-order valence-electron chi connectivity index (χ3n) is 3.48. The van der Waals surface area contributed by atoms with Gasteiger partial charge in [0.2, 0.25) is 0 Å². The lowest BCUT2D eigenvalue weighted by Crippen LogP contribution is -2.36. The maximum atomic E-state index is 12.0. The first-order valence-corrected chi connectivity index (χ1v) is 8.59. The van der Waals surface area contributed by atoms with Gasteiger partial charge in [0.25, 0.3) is 5.91 Å². The minimum atomic E-state index is -0.391. The van der Waals surface area contributed by atoms with E-state index >= 15 is 0 Å². The van der Waals surface area contributed by atoms with Gasteiger partial charge in [-0.15, -0.1) is 0 Å². The van der Waals surface area contributed by atoms with Crippen LogP contribution in [0.4, 0.5) is 10.5 Å². The van der Waals surface area contributed by atoms with Gasteiger partial charge >= 0.3 is 6.03 Å². The van der Waals surface area contributed by atoms with Crippen molar-refractivity contribution in [3.05, 3.63) is 57.6 Å². The van der Waals surface area contributed by atoms with Crippen molar-refractivity contribution in [2.24, 2.45) is 0 Å². The molecule has 0 unspecified atom stereocenters. The molecule has 138 valence electrons. The van der Waals surface area contributed by atoms with Gasteiger partial charge in [0.15, 0.2) is 0 Å². The number of ether oxygens (including phenoxy) is 1. The number of halogens is 2. The molecule has 0 aromatic heterocycles. The highest BCUT2D eigenvalue weighted by molar-refractivity contribution is 6.42. The summed E-state index contributed by atoms with van der Waals surface area (Å²) in [7, 11) is 1.53. The van der Waals surface area contributed by atoms with E-state index in [9.17, 15) is 9.59 Å². The van der Waals surface area contributed by atoms with Crippen LogP contribution in [0.3, 0.4) is 0 Å². The molecule has 0 aliphatic heterocycles. The number of rotatable bonds is 6. The molecular formula is C18H19Cl2N3O3. The second-order valence-electron chi connectivity index (χ2n) is 5.47. The van der Waals surface area contributed by atoms with E-state index < -0.39 is 6.03 Å². The van der Waals surface area contributed by atoms with Crippen molar-refractivity contribution >= 4 is 40.8 Å². The van der Waals surface area contributed by atoms with Crippen molar-refractivity contribution in [2.45, 2.75) is 6.92 Å². The van der Waals surface area contributed by atoms with Gasteiger partial charge in [0.05, 0.1) is 22.8 Å². The van der Waals surface area contributed by atoms with E-state index in [0.717, 1.165) is 5.56 Å². The number of amides is 3. The Morgan fingerprint density at radius 2 is 1.73 bits per heavy atom. The summed E-state index contributed by atoms with van der Waals surface area (Å²) in [4.78, 5) is 24.0. The Morgan fingerprint density at radius 3 is 2.42 bits per heavy atom. The van der Waals surface area contributed by atoms with E-state index in [4.69, 9.17) is 27.9 Å². The minimum Gasteiger partial charge on any atom is -0.495 e. The van der Waals surface area contributed by atoms with Crippen LogP contribution >= 0.6 is 23.2 Å². The van der Waals surface area contributed by atoms with Crippen LogP contribution in [0.15, 0.2) is 36.4 Å². The number of benzene rings is 2. The van der Waals surface area contributed by atoms with E-state index in [1.807, 2.05) is 19.1 Å². The lowest BCUT2D eigenvalue weighted by molar-refractivity contribution is 0.0954. The maximum Gasteiger partial charge on any atom is 0.319 e. The third kappa shape index (κ3) is 5.54. The van der Waals surface area contributed by atoms with Crippen LogP contribution in [0.25, 0.3) is 0 Å². The first-order chi connectivity index (χ1) is 12.4. The summed E-state index contributed by atoms with van der Waals surface area (Å²) in [6, 6.07) is 9.71. The van der Waals surface area contributed by atoms with Crippen LogP contribution in [0, 0.1) is 6.92 Å². The van der Waals surface area contributed by atoms with Crippen LogP contribution in [0.1, 0.15) is 15.9 Å². The Kier molecular flexibility index (Phi) is 7.12. The van der Waals surface area contributed by atoms with E-state index in [1.54, 1.807) is 18.2 Å². The molecule has 2 rings (SSSR count). The lowest BCUT2D eigenvalue weighted by atomic mass is 10.2. The van der Waals surface area contributed by atoms with Gasteiger partial charge in [-0.1, -0.05) is 29.3 Å². The first-order valence-electron chi connectivity index (χ1n) is 7.83. The van der Waals surface area contributed by atoms with Crippen molar-refractivity contribution in [2.75, 3.05) is 25.5 Å². The number of hydrogen-bond acceptors (Lipinski definition) is 3.